The van der Waals surface area contributed by atoms with E-state index in [1.807, 2.05) is 26.0 Å². The average Bonchev–Trinajstić information content (AvgIpc) is 2.18. The number of nitrogen functional groups attached to an aromatic ring is 1. The lowest BCUT2D eigenvalue weighted by molar-refractivity contribution is -0.122. The molecule has 1 aromatic rings. The van der Waals surface area contributed by atoms with Gasteiger partial charge in [-0.2, -0.15) is 0 Å². The molecule has 0 atom stereocenters. The normalized spacial score (nSPS) is 10.7. The molecule has 1 rings (SSSR count). The predicted octanol–water partition coefficient (Wildman–Crippen LogP) is 2.14. The number of rotatable bonds is 3. The Morgan fingerprint density at radius 2 is 1.93 bits per heavy atom. The van der Waals surface area contributed by atoms with E-state index in [1.165, 1.54) is 0 Å². The van der Waals surface area contributed by atoms with Crippen LogP contribution in [0.25, 0.3) is 0 Å². The first kappa shape index (κ1) is 11.3. The van der Waals surface area contributed by atoms with Crippen LogP contribution in [0.1, 0.15) is 25.8 Å². The molecule has 0 aliphatic heterocycles. The lowest BCUT2D eigenvalue weighted by Crippen LogP contribution is -2.28. The first-order valence-corrected chi connectivity index (χ1v) is 4.81. The number of terminal acetylenes is 1. The van der Waals surface area contributed by atoms with Gasteiger partial charge < -0.3 is 5.73 Å². The van der Waals surface area contributed by atoms with Crippen molar-refractivity contribution in [3.63, 3.8) is 0 Å². The second-order valence-electron chi connectivity index (χ2n) is 4.05. The largest absolute Gasteiger partial charge is 0.399 e. The number of benzene rings is 1. The molecule has 0 bridgehead atoms. The van der Waals surface area contributed by atoms with Gasteiger partial charge >= 0.3 is 0 Å². The van der Waals surface area contributed by atoms with E-state index in [0.29, 0.717) is 5.69 Å². The number of nitrogens with two attached hydrogens (primary N) is 1. The van der Waals surface area contributed by atoms with Gasteiger partial charge in [0.15, 0.2) is 5.78 Å². The van der Waals surface area contributed by atoms with Gasteiger partial charge in [0, 0.05) is 11.1 Å². The molecule has 0 fully saturated rings. The van der Waals surface area contributed by atoms with Crippen molar-refractivity contribution < 1.29 is 4.79 Å². The van der Waals surface area contributed by atoms with E-state index in [0.717, 1.165) is 5.56 Å². The van der Waals surface area contributed by atoms with Gasteiger partial charge in [-0.25, -0.2) is 0 Å². The summed E-state index contributed by atoms with van der Waals surface area (Å²) in [4.78, 5) is 11.8. The summed E-state index contributed by atoms with van der Waals surface area (Å²) in [6.45, 7) is 3.75. The Morgan fingerprint density at radius 3 is 2.40 bits per heavy atom. The van der Waals surface area contributed by atoms with Crippen molar-refractivity contribution in [3.8, 4) is 12.3 Å². The molecule has 78 valence electrons. The van der Waals surface area contributed by atoms with Gasteiger partial charge in [-0.15, -0.1) is 6.42 Å². The van der Waals surface area contributed by atoms with Gasteiger partial charge in [-0.1, -0.05) is 18.1 Å². The highest BCUT2D eigenvalue weighted by Crippen LogP contribution is 2.26. The molecule has 0 aliphatic rings. The van der Waals surface area contributed by atoms with Crippen LogP contribution in [0.5, 0.6) is 0 Å². The average molecular weight is 201 g/mol. The first-order valence-electron chi connectivity index (χ1n) is 4.81. The quantitative estimate of drug-likeness (QED) is 0.601. The second kappa shape index (κ2) is 4.18. The number of carbonyl (C=O) groups is 1. The van der Waals surface area contributed by atoms with Crippen molar-refractivity contribution in [2.45, 2.75) is 25.7 Å². The second-order valence-corrected chi connectivity index (χ2v) is 4.05. The fourth-order valence-corrected chi connectivity index (χ4v) is 1.37. The Kier molecular flexibility index (Phi) is 3.16. The maximum atomic E-state index is 11.8. The van der Waals surface area contributed by atoms with Gasteiger partial charge in [0.2, 0.25) is 0 Å². The van der Waals surface area contributed by atoms with Crippen LogP contribution in [0.2, 0.25) is 0 Å². The molecule has 0 aromatic heterocycles. The van der Waals surface area contributed by atoms with Crippen LogP contribution < -0.4 is 5.73 Å². The first-order chi connectivity index (χ1) is 6.98. The summed E-state index contributed by atoms with van der Waals surface area (Å²) in [5, 5.41) is 0. The van der Waals surface area contributed by atoms with Crippen molar-refractivity contribution in [3.05, 3.63) is 29.8 Å². The number of Topliss-reactive ketones (excluding diaryl/α,β-unsaturated/α-hetero) is 1. The maximum Gasteiger partial charge on any atom is 0.154 e. The van der Waals surface area contributed by atoms with E-state index in [4.69, 9.17) is 12.2 Å². The van der Waals surface area contributed by atoms with Crippen molar-refractivity contribution in [2.24, 2.45) is 0 Å². The summed E-state index contributed by atoms with van der Waals surface area (Å²) in [5.74, 6) is 2.43. The molecule has 0 saturated heterocycles. The zero-order chi connectivity index (χ0) is 11.5. The van der Waals surface area contributed by atoms with Crippen LogP contribution in [0.15, 0.2) is 24.3 Å². The van der Waals surface area contributed by atoms with Crippen LogP contribution in [0.4, 0.5) is 5.69 Å². The smallest absolute Gasteiger partial charge is 0.154 e. The predicted molar refractivity (Wildman–Crippen MR) is 62.3 cm³/mol. The summed E-state index contributed by atoms with van der Waals surface area (Å²) in [6, 6.07) is 7.31. The number of carbonyl (C=O) groups excluding carboxylic acids is 1. The number of ketones is 1. The third-order valence-corrected chi connectivity index (χ3v) is 2.59. The Hall–Kier alpha value is -1.75. The van der Waals surface area contributed by atoms with Crippen LogP contribution in [-0.2, 0) is 10.2 Å². The van der Waals surface area contributed by atoms with Gasteiger partial charge in [0.1, 0.15) is 0 Å². The molecule has 2 heteroatoms. The van der Waals surface area contributed by atoms with Gasteiger partial charge in [0.25, 0.3) is 0 Å². The zero-order valence-electron chi connectivity index (χ0n) is 9.08. The minimum atomic E-state index is -0.542. The standard InChI is InChI=1S/C13H15NO/c1-4-5-12(15)13(2,3)10-6-8-11(14)9-7-10/h1,6-9H,5,14H2,2-3H3. The summed E-state index contributed by atoms with van der Waals surface area (Å²) >= 11 is 0. The molecular weight excluding hydrogens is 186 g/mol. The molecule has 0 unspecified atom stereocenters. The van der Waals surface area contributed by atoms with Crippen molar-refractivity contribution in [2.75, 3.05) is 5.73 Å². The fraction of sp³-hybridized carbons (Fsp3) is 0.308. The van der Waals surface area contributed by atoms with E-state index < -0.39 is 5.41 Å². The Morgan fingerprint density at radius 1 is 1.40 bits per heavy atom. The maximum absolute atomic E-state index is 11.8. The van der Waals surface area contributed by atoms with E-state index in [1.54, 1.807) is 12.1 Å². The van der Waals surface area contributed by atoms with E-state index in [9.17, 15) is 4.79 Å². The molecule has 0 spiro atoms. The summed E-state index contributed by atoms with van der Waals surface area (Å²) in [7, 11) is 0. The molecular formula is C13H15NO. The van der Waals surface area contributed by atoms with Crippen LogP contribution in [0.3, 0.4) is 0 Å². The van der Waals surface area contributed by atoms with Crippen molar-refractivity contribution in [1.29, 1.82) is 0 Å². The van der Waals surface area contributed by atoms with Crippen LogP contribution in [0, 0.1) is 12.3 Å². The van der Waals surface area contributed by atoms with Gasteiger partial charge in [0.05, 0.1) is 6.42 Å². The summed E-state index contributed by atoms with van der Waals surface area (Å²) in [5.41, 5.74) is 6.68. The fourth-order valence-electron chi connectivity index (χ4n) is 1.37. The molecule has 0 saturated carbocycles. The van der Waals surface area contributed by atoms with Gasteiger partial charge in [-0.3, -0.25) is 4.79 Å². The Bertz CT molecular complexity index is 396. The number of hydrogen-bond acceptors (Lipinski definition) is 2. The molecule has 1 aromatic carbocycles. The number of anilines is 1. The van der Waals surface area contributed by atoms with Crippen LogP contribution in [-0.4, -0.2) is 5.78 Å². The molecule has 0 radical (unpaired) electrons. The summed E-state index contributed by atoms with van der Waals surface area (Å²) < 4.78 is 0. The molecule has 0 heterocycles. The lowest BCUT2D eigenvalue weighted by Gasteiger charge is -2.22. The van der Waals surface area contributed by atoms with E-state index >= 15 is 0 Å². The topological polar surface area (TPSA) is 43.1 Å². The minimum absolute atomic E-state index is 0.0507. The van der Waals surface area contributed by atoms with E-state index in [-0.39, 0.29) is 12.2 Å². The Labute approximate surface area is 90.5 Å². The highest BCUT2D eigenvalue weighted by Gasteiger charge is 2.28. The Balaban J connectivity index is 3.01. The minimum Gasteiger partial charge on any atom is -0.399 e. The zero-order valence-corrected chi connectivity index (χ0v) is 9.08. The van der Waals surface area contributed by atoms with E-state index in [2.05, 4.69) is 5.92 Å². The molecule has 15 heavy (non-hydrogen) atoms. The molecule has 0 amide bonds. The molecule has 0 aliphatic carbocycles. The molecule has 2 nitrogen and oxygen atoms in total. The third-order valence-electron chi connectivity index (χ3n) is 2.59. The third kappa shape index (κ3) is 2.38. The van der Waals surface area contributed by atoms with Crippen molar-refractivity contribution in [1.82, 2.24) is 0 Å². The van der Waals surface area contributed by atoms with Crippen LogP contribution >= 0.6 is 0 Å². The SMILES string of the molecule is C#CCC(=O)C(C)(C)c1ccc(N)cc1. The lowest BCUT2D eigenvalue weighted by atomic mass is 9.79. The molecule has 2 N–H and O–H groups in total. The highest BCUT2D eigenvalue weighted by molar-refractivity contribution is 5.91. The monoisotopic (exact) mass is 201 g/mol. The highest BCUT2D eigenvalue weighted by atomic mass is 16.1. The number of hydrogen-bond donors (Lipinski definition) is 1. The summed E-state index contributed by atoms with van der Waals surface area (Å²) in [6.07, 6.45) is 5.30. The van der Waals surface area contributed by atoms with Gasteiger partial charge in [-0.05, 0) is 31.5 Å². The van der Waals surface area contributed by atoms with Crippen molar-refractivity contribution >= 4 is 11.5 Å².